The number of hydrogen-bond acceptors (Lipinski definition) is 3. The van der Waals surface area contributed by atoms with Crippen LogP contribution in [-0.2, 0) is 5.41 Å². The van der Waals surface area contributed by atoms with E-state index in [2.05, 4.69) is 149 Å². The van der Waals surface area contributed by atoms with Crippen molar-refractivity contribution in [3.05, 3.63) is 289 Å². The molecule has 1 heterocycles. The van der Waals surface area contributed by atoms with Gasteiger partial charge in [-0.2, -0.15) is 0 Å². The van der Waals surface area contributed by atoms with Crippen LogP contribution < -0.4 is 9.80 Å². The van der Waals surface area contributed by atoms with Gasteiger partial charge in [-0.1, -0.05) is 182 Å². The number of thiophene rings is 1. The molecular weight excluding hydrogens is 841 g/mol. The van der Waals surface area contributed by atoms with Gasteiger partial charge in [-0.25, -0.2) is 0 Å². The first-order valence-corrected chi connectivity index (χ1v) is 23.6. The zero-order valence-corrected chi connectivity index (χ0v) is 37.5. The number of hydrogen-bond donors (Lipinski definition) is 0. The van der Waals surface area contributed by atoms with Crippen LogP contribution in [0.4, 0.5) is 34.1 Å². The molecule has 0 spiro atoms. The van der Waals surface area contributed by atoms with Crippen molar-refractivity contribution in [2.24, 2.45) is 0 Å². The number of benzene rings is 11. The van der Waals surface area contributed by atoms with Crippen molar-refractivity contribution >= 4 is 76.4 Å². The first kappa shape index (κ1) is 33.0. The van der Waals surface area contributed by atoms with Gasteiger partial charge in [0.2, 0.25) is 0 Å². The van der Waals surface area contributed by atoms with Gasteiger partial charge in [-0.05, 0) is 135 Å². The Balaban J connectivity index is 1.20. The molecule has 1 unspecified atom stereocenters. The SMILES string of the molecule is [2H]c1c([2H])c([2H])c2c(C3(c4ccc5sc6ccccc6c5c4)c4ccc(N(c5ccccc5)c5ccccc5)cc4-c4cc(N(c5ccccc5)c5ccccc5-c5ccccc5)ccc43)c([2H])c([2H])c([2H])c2c1[2H]. The highest BCUT2D eigenvalue weighted by molar-refractivity contribution is 7.25. The van der Waals surface area contributed by atoms with Crippen molar-refractivity contribution in [1.29, 1.82) is 0 Å². The fourth-order valence-electron chi connectivity index (χ4n) is 10.5. The molecule has 0 amide bonds. The molecule has 0 aliphatic heterocycles. The maximum absolute atomic E-state index is 10.2. The lowest BCUT2D eigenvalue weighted by molar-refractivity contribution is 0.778. The molecule has 68 heavy (non-hydrogen) atoms. The lowest BCUT2D eigenvalue weighted by atomic mass is 9.66. The molecule has 320 valence electrons. The summed E-state index contributed by atoms with van der Waals surface area (Å²) < 4.78 is 68.4. The minimum atomic E-state index is -1.47. The van der Waals surface area contributed by atoms with Crippen LogP contribution in [0.15, 0.2) is 267 Å². The van der Waals surface area contributed by atoms with Crippen molar-refractivity contribution in [3.63, 3.8) is 0 Å². The van der Waals surface area contributed by atoms with Crippen LogP contribution in [0, 0.1) is 0 Å². The van der Waals surface area contributed by atoms with Crippen LogP contribution in [-0.4, -0.2) is 0 Å². The van der Waals surface area contributed by atoms with E-state index < -0.39 is 35.6 Å². The first-order valence-electron chi connectivity index (χ1n) is 26.3. The quantitative estimate of drug-likeness (QED) is 0.142. The minimum absolute atomic E-state index is 0.0483. The van der Waals surface area contributed by atoms with Gasteiger partial charge < -0.3 is 9.80 Å². The van der Waals surface area contributed by atoms with Crippen LogP contribution in [0.3, 0.4) is 0 Å². The molecule has 0 N–H and O–H groups in total. The smallest absolute Gasteiger partial charge is 0.0719 e. The molecule has 1 aliphatic rings. The first-order chi connectivity index (χ1) is 36.6. The average molecular weight is 892 g/mol. The Kier molecular flexibility index (Phi) is 7.98. The van der Waals surface area contributed by atoms with E-state index in [-0.39, 0.29) is 28.4 Å². The maximum Gasteiger partial charge on any atom is 0.0719 e. The van der Waals surface area contributed by atoms with Crippen molar-refractivity contribution in [3.8, 4) is 22.3 Å². The second-order valence-corrected chi connectivity index (χ2v) is 18.2. The Morgan fingerprint density at radius 1 is 0.353 bits per heavy atom. The predicted molar refractivity (Wildman–Crippen MR) is 289 cm³/mol. The van der Waals surface area contributed by atoms with Crippen molar-refractivity contribution in [2.45, 2.75) is 5.41 Å². The molecule has 0 saturated heterocycles. The van der Waals surface area contributed by atoms with Crippen LogP contribution >= 0.6 is 11.3 Å². The maximum atomic E-state index is 10.2. The third-order valence-electron chi connectivity index (χ3n) is 13.4. The van der Waals surface area contributed by atoms with Crippen molar-refractivity contribution in [1.82, 2.24) is 0 Å². The molecule has 12 aromatic rings. The lowest BCUT2D eigenvalue weighted by Gasteiger charge is -2.35. The lowest BCUT2D eigenvalue weighted by Crippen LogP contribution is -2.29. The Morgan fingerprint density at radius 2 is 0.897 bits per heavy atom. The molecule has 0 fully saturated rings. The molecule has 13 rings (SSSR count). The highest BCUT2D eigenvalue weighted by Crippen LogP contribution is 2.60. The van der Waals surface area contributed by atoms with Gasteiger partial charge in [-0.15, -0.1) is 11.3 Å². The van der Waals surface area contributed by atoms with Crippen LogP contribution in [0.25, 0.3) is 53.2 Å². The Labute approximate surface area is 410 Å². The number of anilines is 6. The summed E-state index contributed by atoms with van der Waals surface area (Å²) in [5.41, 5.74) is 10.4. The highest BCUT2D eigenvalue weighted by atomic mass is 32.1. The molecule has 3 heteroatoms. The summed E-state index contributed by atoms with van der Waals surface area (Å²) in [6.45, 7) is 0. The van der Waals surface area contributed by atoms with E-state index >= 15 is 0 Å². The standard InChI is InChI=1S/C65H44N2S/c1-5-20-46(21-6-1)54-31-15-17-34-62(54)67(50-28-11-4-12-29-50)52-38-40-61-57(44-52)56-43-51(66(48-24-7-2-8-25-48)49-26-9-3-10-27-49)37-39-60(56)65(61,59-33-19-23-45-22-13-14-30-53(45)59)47-36-41-64-58(42-47)55-32-16-18-35-63(55)68-64/h1-44H/i13D,14D,19D,22D,23D,30D,33D. The van der Waals surface area contributed by atoms with Crippen molar-refractivity contribution < 1.29 is 9.60 Å². The molecule has 2 nitrogen and oxygen atoms in total. The van der Waals surface area contributed by atoms with Crippen LogP contribution in [0.2, 0.25) is 0 Å². The normalized spacial score (nSPS) is 15.4. The Morgan fingerprint density at radius 3 is 1.59 bits per heavy atom. The van der Waals surface area contributed by atoms with Gasteiger partial charge in [0.1, 0.15) is 0 Å². The number of para-hydroxylation sites is 4. The van der Waals surface area contributed by atoms with Gasteiger partial charge in [-0.3, -0.25) is 0 Å². The zero-order valence-electron chi connectivity index (χ0n) is 43.7. The molecule has 1 aromatic heterocycles. The number of nitrogens with zero attached hydrogens (tertiary/aromatic N) is 2. The van der Waals surface area contributed by atoms with Gasteiger partial charge in [0, 0.05) is 54.2 Å². The third kappa shape index (κ3) is 6.39. The summed E-state index contributed by atoms with van der Waals surface area (Å²) in [6.07, 6.45) is 0. The fraction of sp³-hybridized carbons (Fsp3) is 0.0154. The topological polar surface area (TPSA) is 6.48 Å². The third-order valence-corrected chi connectivity index (χ3v) is 14.5. The van der Waals surface area contributed by atoms with E-state index in [0.29, 0.717) is 0 Å². The van der Waals surface area contributed by atoms with Gasteiger partial charge in [0.25, 0.3) is 0 Å². The average Bonchev–Trinajstić information content (AvgIpc) is 3.98. The van der Waals surface area contributed by atoms with Crippen molar-refractivity contribution in [2.75, 3.05) is 9.80 Å². The molecule has 0 radical (unpaired) electrons. The van der Waals surface area contributed by atoms with E-state index in [1.54, 1.807) is 11.3 Å². The number of rotatable bonds is 9. The summed E-state index contributed by atoms with van der Waals surface area (Å²) >= 11 is 1.70. The van der Waals surface area contributed by atoms with E-state index in [0.717, 1.165) is 93.2 Å². The molecular formula is C65H44N2S. The van der Waals surface area contributed by atoms with Gasteiger partial charge in [0.05, 0.1) is 20.7 Å². The van der Waals surface area contributed by atoms with E-state index in [1.165, 1.54) is 0 Å². The van der Waals surface area contributed by atoms with Gasteiger partial charge in [0.15, 0.2) is 0 Å². The second kappa shape index (κ2) is 16.4. The van der Waals surface area contributed by atoms with Crippen LogP contribution in [0.1, 0.15) is 31.8 Å². The minimum Gasteiger partial charge on any atom is -0.310 e. The summed E-state index contributed by atoms with van der Waals surface area (Å²) in [4.78, 5) is 4.49. The Hall–Kier alpha value is -8.50. The van der Waals surface area contributed by atoms with Gasteiger partial charge >= 0.3 is 0 Å². The largest absolute Gasteiger partial charge is 0.310 e. The van der Waals surface area contributed by atoms with Crippen LogP contribution in [0.5, 0.6) is 0 Å². The fourth-order valence-corrected chi connectivity index (χ4v) is 11.6. The van der Waals surface area contributed by atoms with E-state index in [1.807, 2.05) is 84.9 Å². The zero-order chi connectivity index (χ0) is 51.1. The second-order valence-electron chi connectivity index (χ2n) is 17.1. The summed E-state index contributed by atoms with van der Waals surface area (Å²) in [5, 5.41) is 2.03. The molecule has 1 atom stereocenters. The summed E-state index contributed by atoms with van der Waals surface area (Å²) in [5.74, 6) is 0. The van der Waals surface area contributed by atoms with E-state index in [9.17, 15) is 6.85 Å². The Bertz CT molecular complexity index is 4180. The molecule has 0 bridgehead atoms. The monoisotopic (exact) mass is 891 g/mol. The van der Waals surface area contributed by atoms with E-state index in [4.69, 9.17) is 2.74 Å². The molecule has 11 aromatic carbocycles. The predicted octanol–water partition coefficient (Wildman–Crippen LogP) is 18.2. The highest BCUT2D eigenvalue weighted by Gasteiger charge is 2.47. The summed E-state index contributed by atoms with van der Waals surface area (Å²) in [6, 6.07) is 74.2. The number of fused-ring (bicyclic) bond motifs is 7. The molecule has 1 aliphatic carbocycles. The summed E-state index contributed by atoms with van der Waals surface area (Å²) in [7, 11) is 0. The molecule has 0 saturated carbocycles.